The Hall–Kier alpha value is -7.07. The van der Waals surface area contributed by atoms with Crippen LogP contribution in [0.15, 0.2) is 199 Å². The first-order valence-corrected chi connectivity index (χ1v) is 20.8. The maximum Gasteiger partial charge on any atom is 0.131 e. The molecule has 2 atom stereocenters. The molecule has 3 heteroatoms. The summed E-state index contributed by atoms with van der Waals surface area (Å²) < 4.78 is 0. The summed E-state index contributed by atoms with van der Waals surface area (Å²) in [5.41, 5.74) is 21.6. The number of fused-ring (bicyclic) bond motifs is 12. The third-order valence-corrected chi connectivity index (χ3v) is 13.0. The Balaban J connectivity index is 1.02. The van der Waals surface area contributed by atoms with Gasteiger partial charge in [0.05, 0.1) is 5.41 Å². The predicted molar refractivity (Wildman–Crippen MR) is 242 cm³/mol. The summed E-state index contributed by atoms with van der Waals surface area (Å²) in [5.74, 6) is 0.889. The molecule has 0 bridgehead atoms. The quantitative estimate of drug-likeness (QED) is 0.184. The average molecular weight is 756 g/mol. The lowest BCUT2D eigenvalue weighted by Gasteiger charge is -2.33. The minimum absolute atomic E-state index is 0.123. The maximum atomic E-state index is 5.12. The van der Waals surface area contributed by atoms with E-state index in [1.807, 2.05) is 6.07 Å². The summed E-state index contributed by atoms with van der Waals surface area (Å²) in [5, 5.41) is 7.50. The van der Waals surface area contributed by atoms with Gasteiger partial charge in [-0.2, -0.15) is 0 Å². The highest BCUT2D eigenvalue weighted by molar-refractivity contribution is 6.03. The Morgan fingerprint density at radius 1 is 0.492 bits per heavy atom. The highest BCUT2D eigenvalue weighted by Crippen LogP contribution is 2.66. The van der Waals surface area contributed by atoms with Crippen LogP contribution >= 0.6 is 0 Å². The Bertz CT molecular complexity index is 2940. The zero-order valence-corrected chi connectivity index (χ0v) is 32.6. The molecule has 4 aliphatic rings. The van der Waals surface area contributed by atoms with E-state index in [0.29, 0.717) is 0 Å². The number of nitrogens with zero attached hydrogens (tertiary/aromatic N) is 1. The molecule has 59 heavy (non-hydrogen) atoms. The molecule has 280 valence electrons. The van der Waals surface area contributed by atoms with Crippen molar-refractivity contribution in [2.45, 2.75) is 30.6 Å². The lowest BCUT2D eigenvalue weighted by molar-refractivity contribution is 0.409. The highest BCUT2D eigenvalue weighted by Gasteiger charge is 2.53. The number of hydrogen-bond donors (Lipinski definition) is 2. The monoisotopic (exact) mass is 755 g/mol. The molecule has 2 unspecified atom stereocenters. The van der Waals surface area contributed by atoms with Crippen molar-refractivity contribution in [3.05, 3.63) is 244 Å². The van der Waals surface area contributed by atoms with Crippen LogP contribution in [-0.4, -0.2) is 5.84 Å². The summed E-state index contributed by atoms with van der Waals surface area (Å²) in [6, 6.07) is 69.2. The number of benzene rings is 8. The molecule has 0 radical (unpaired) electrons. The van der Waals surface area contributed by atoms with Crippen molar-refractivity contribution in [1.29, 1.82) is 0 Å². The van der Waals surface area contributed by atoms with Gasteiger partial charge in [-0.25, -0.2) is 4.99 Å². The van der Waals surface area contributed by atoms with Gasteiger partial charge in [-0.05, 0) is 114 Å². The van der Waals surface area contributed by atoms with E-state index in [0.717, 1.165) is 35.4 Å². The molecular weight excluding hydrogens is 715 g/mol. The van der Waals surface area contributed by atoms with Crippen molar-refractivity contribution in [2.24, 2.45) is 4.99 Å². The van der Waals surface area contributed by atoms with E-state index in [4.69, 9.17) is 4.99 Å². The molecule has 0 aromatic heterocycles. The van der Waals surface area contributed by atoms with Gasteiger partial charge < -0.3 is 5.32 Å². The van der Waals surface area contributed by atoms with Crippen LogP contribution in [0.3, 0.4) is 0 Å². The molecule has 0 fully saturated rings. The van der Waals surface area contributed by atoms with Crippen molar-refractivity contribution in [3.8, 4) is 44.5 Å². The number of hydrogen-bond acceptors (Lipinski definition) is 3. The predicted octanol–water partition coefficient (Wildman–Crippen LogP) is 12.7. The normalized spacial score (nSPS) is 17.6. The SMILES string of the molecule is C1=Cc2c(cc(-c3ccccc3)c3c2C2(c4ccccc4-c4ccccc42)c2cc(-c4ccc(C5NC(c6ccccc6)=NC(c6ccccc6)N5)cc4)ccc2-3)CC1. The number of rotatable bonds is 5. The lowest BCUT2D eigenvalue weighted by Crippen LogP contribution is -2.44. The van der Waals surface area contributed by atoms with Gasteiger partial charge in [0.2, 0.25) is 0 Å². The number of allylic oxidation sites excluding steroid dienone is 1. The highest BCUT2D eigenvalue weighted by atomic mass is 15.3. The van der Waals surface area contributed by atoms with Crippen LogP contribution in [0.5, 0.6) is 0 Å². The summed E-state index contributed by atoms with van der Waals surface area (Å²) in [4.78, 5) is 5.12. The minimum Gasteiger partial charge on any atom is -0.350 e. The van der Waals surface area contributed by atoms with Crippen molar-refractivity contribution in [2.75, 3.05) is 0 Å². The Labute approximate surface area is 345 Å². The number of amidine groups is 1. The Kier molecular flexibility index (Phi) is 7.79. The molecule has 12 rings (SSSR count). The largest absolute Gasteiger partial charge is 0.350 e. The molecule has 0 saturated heterocycles. The molecular formula is C56H41N3. The summed E-state index contributed by atoms with van der Waals surface area (Å²) in [6.45, 7) is 0. The van der Waals surface area contributed by atoms with Crippen LogP contribution in [0.4, 0.5) is 0 Å². The number of aryl methyl sites for hydroxylation is 1. The first kappa shape index (κ1) is 34.0. The fraction of sp³-hybridized carbons (Fsp3) is 0.0893. The zero-order valence-electron chi connectivity index (χ0n) is 32.6. The first-order valence-electron chi connectivity index (χ1n) is 20.8. The Morgan fingerprint density at radius 2 is 1.12 bits per heavy atom. The molecule has 3 nitrogen and oxygen atoms in total. The van der Waals surface area contributed by atoms with Crippen LogP contribution in [0.25, 0.3) is 50.6 Å². The topological polar surface area (TPSA) is 36.4 Å². The van der Waals surface area contributed by atoms with Crippen LogP contribution < -0.4 is 10.6 Å². The van der Waals surface area contributed by atoms with E-state index in [9.17, 15) is 0 Å². The van der Waals surface area contributed by atoms with E-state index < -0.39 is 5.41 Å². The van der Waals surface area contributed by atoms with E-state index in [2.05, 4.69) is 205 Å². The fourth-order valence-electron chi connectivity index (χ4n) is 10.4. The van der Waals surface area contributed by atoms with Crippen LogP contribution in [0, 0.1) is 0 Å². The molecule has 1 aliphatic heterocycles. The molecule has 1 heterocycles. The smallest absolute Gasteiger partial charge is 0.131 e. The summed E-state index contributed by atoms with van der Waals surface area (Å²) in [6.07, 6.45) is 6.61. The van der Waals surface area contributed by atoms with E-state index in [1.165, 1.54) is 77.9 Å². The van der Waals surface area contributed by atoms with E-state index in [1.54, 1.807) is 0 Å². The average Bonchev–Trinajstić information content (AvgIpc) is 3.80. The van der Waals surface area contributed by atoms with Gasteiger partial charge in [0, 0.05) is 5.56 Å². The van der Waals surface area contributed by atoms with Crippen LogP contribution in [0.2, 0.25) is 0 Å². The molecule has 2 N–H and O–H groups in total. The minimum atomic E-state index is -0.458. The molecule has 8 aromatic carbocycles. The molecule has 8 aromatic rings. The number of aliphatic imine (C=N–C) groups is 1. The fourth-order valence-corrected chi connectivity index (χ4v) is 10.4. The first-order chi connectivity index (χ1) is 29.3. The van der Waals surface area contributed by atoms with Gasteiger partial charge in [-0.15, -0.1) is 0 Å². The second kappa shape index (κ2) is 13.5. The van der Waals surface area contributed by atoms with Gasteiger partial charge in [-0.1, -0.05) is 188 Å². The van der Waals surface area contributed by atoms with Gasteiger partial charge >= 0.3 is 0 Å². The lowest BCUT2D eigenvalue weighted by atomic mass is 9.67. The molecule has 0 amide bonds. The standard InChI is InChI=1S/C56H41N3/c1-4-16-37(17-5-1)47-34-42-22-10-11-23-43(42)52-51(47)46-33-32-41(35-50(46)56(52)48-26-14-12-24-44(48)45-25-13-15-27-49(45)56)36-28-30-40(31-29-36)55-58-53(38-18-6-2-7-19-38)57-54(59-55)39-20-8-3-9-21-39/h1-9,11-21,23-35,53,55,58H,10,22H2,(H,57,59). The molecule has 3 aliphatic carbocycles. The molecule has 1 spiro atoms. The van der Waals surface area contributed by atoms with Crippen molar-refractivity contribution < 1.29 is 0 Å². The van der Waals surface area contributed by atoms with Crippen molar-refractivity contribution >= 4 is 11.9 Å². The number of nitrogens with one attached hydrogen (secondary N) is 2. The van der Waals surface area contributed by atoms with E-state index >= 15 is 0 Å². The van der Waals surface area contributed by atoms with Crippen molar-refractivity contribution in [1.82, 2.24) is 10.6 Å². The summed E-state index contributed by atoms with van der Waals surface area (Å²) in [7, 11) is 0. The van der Waals surface area contributed by atoms with Gasteiger partial charge in [-0.3, -0.25) is 5.32 Å². The third kappa shape index (κ3) is 5.21. The van der Waals surface area contributed by atoms with Crippen LogP contribution in [0.1, 0.15) is 68.8 Å². The Morgan fingerprint density at radius 3 is 1.83 bits per heavy atom. The van der Waals surface area contributed by atoms with Gasteiger partial charge in [0.15, 0.2) is 0 Å². The second-order valence-electron chi connectivity index (χ2n) is 16.2. The molecule has 0 saturated carbocycles. The third-order valence-electron chi connectivity index (χ3n) is 13.0. The maximum absolute atomic E-state index is 5.12. The summed E-state index contributed by atoms with van der Waals surface area (Å²) >= 11 is 0. The van der Waals surface area contributed by atoms with Gasteiger partial charge in [0.1, 0.15) is 18.2 Å². The second-order valence-corrected chi connectivity index (χ2v) is 16.2. The van der Waals surface area contributed by atoms with Gasteiger partial charge in [0.25, 0.3) is 0 Å². The van der Waals surface area contributed by atoms with Crippen molar-refractivity contribution in [3.63, 3.8) is 0 Å². The van der Waals surface area contributed by atoms with Crippen LogP contribution in [-0.2, 0) is 11.8 Å². The zero-order chi connectivity index (χ0) is 38.9. The van der Waals surface area contributed by atoms with E-state index in [-0.39, 0.29) is 12.3 Å².